The summed E-state index contributed by atoms with van der Waals surface area (Å²) in [5.41, 5.74) is -0.0288. The summed E-state index contributed by atoms with van der Waals surface area (Å²) in [7, 11) is 0. The quantitative estimate of drug-likeness (QED) is 0.706. The molecule has 0 aliphatic heterocycles. The lowest BCUT2D eigenvalue weighted by molar-refractivity contribution is -0.141. The van der Waals surface area contributed by atoms with Gasteiger partial charge in [-0.3, -0.25) is 4.79 Å². The van der Waals surface area contributed by atoms with E-state index >= 15 is 0 Å². The SMILES string of the molecule is CC(NC(=O)NC(C)C(C)(C)C)C(C)C(=O)O. The minimum atomic E-state index is -0.915. The van der Waals surface area contributed by atoms with E-state index in [0.717, 1.165) is 0 Å². The second kappa shape index (κ2) is 5.89. The number of carboxylic acid groups (broad SMARTS) is 1. The van der Waals surface area contributed by atoms with E-state index in [9.17, 15) is 9.59 Å². The van der Waals surface area contributed by atoms with Crippen molar-refractivity contribution in [2.24, 2.45) is 11.3 Å². The van der Waals surface area contributed by atoms with Gasteiger partial charge in [0.2, 0.25) is 0 Å². The number of hydrogen-bond donors (Lipinski definition) is 3. The molecule has 0 aromatic rings. The van der Waals surface area contributed by atoms with Gasteiger partial charge in [-0.1, -0.05) is 20.8 Å². The summed E-state index contributed by atoms with van der Waals surface area (Å²) in [6.45, 7) is 11.3. The Morgan fingerprint density at radius 1 is 1.06 bits per heavy atom. The lowest BCUT2D eigenvalue weighted by atomic mass is 9.88. The number of hydrogen-bond acceptors (Lipinski definition) is 2. The zero-order valence-electron chi connectivity index (χ0n) is 11.5. The van der Waals surface area contributed by atoms with E-state index in [4.69, 9.17) is 5.11 Å². The first-order valence-corrected chi connectivity index (χ1v) is 5.85. The van der Waals surface area contributed by atoms with Crippen LogP contribution >= 0.6 is 0 Å². The molecule has 0 saturated heterocycles. The second-order valence-electron chi connectivity index (χ2n) is 5.62. The summed E-state index contributed by atoms with van der Waals surface area (Å²) in [6, 6.07) is -0.720. The van der Waals surface area contributed by atoms with Crippen molar-refractivity contribution in [3.63, 3.8) is 0 Å². The summed E-state index contributed by atoms with van der Waals surface area (Å²) >= 11 is 0. The fraction of sp³-hybridized carbons (Fsp3) is 0.833. The Morgan fingerprint density at radius 3 is 1.88 bits per heavy atom. The molecule has 5 heteroatoms. The molecule has 5 nitrogen and oxygen atoms in total. The van der Waals surface area contributed by atoms with E-state index in [1.165, 1.54) is 0 Å². The van der Waals surface area contributed by atoms with Crippen LogP contribution in [0.2, 0.25) is 0 Å². The molecular weight excluding hydrogens is 220 g/mol. The van der Waals surface area contributed by atoms with Crippen LogP contribution in [0.4, 0.5) is 4.79 Å². The number of urea groups is 1. The number of amides is 2. The van der Waals surface area contributed by atoms with Gasteiger partial charge in [-0.15, -0.1) is 0 Å². The summed E-state index contributed by atoms with van der Waals surface area (Å²) < 4.78 is 0. The molecule has 0 aliphatic carbocycles. The van der Waals surface area contributed by atoms with Crippen LogP contribution in [0.1, 0.15) is 41.5 Å². The van der Waals surface area contributed by atoms with E-state index in [-0.39, 0.29) is 17.5 Å². The van der Waals surface area contributed by atoms with Gasteiger partial charge in [0, 0.05) is 12.1 Å². The number of rotatable bonds is 4. The minimum absolute atomic E-state index is 0.00911. The molecule has 3 atom stereocenters. The highest BCUT2D eigenvalue weighted by Gasteiger charge is 2.24. The maximum absolute atomic E-state index is 11.6. The Kier molecular flexibility index (Phi) is 5.45. The summed E-state index contributed by atoms with van der Waals surface area (Å²) in [6.07, 6.45) is 0. The van der Waals surface area contributed by atoms with E-state index in [1.807, 2.05) is 27.7 Å². The van der Waals surface area contributed by atoms with Crippen LogP contribution in [-0.4, -0.2) is 29.2 Å². The molecule has 100 valence electrons. The van der Waals surface area contributed by atoms with Gasteiger partial charge in [0.15, 0.2) is 0 Å². The van der Waals surface area contributed by atoms with Crippen molar-refractivity contribution < 1.29 is 14.7 Å². The molecule has 0 bridgehead atoms. The predicted molar refractivity (Wildman–Crippen MR) is 66.8 cm³/mol. The van der Waals surface area contributed by atoms with Gasteiger partial charge >= 0.3 is 12.0 Å². The molecule has 0 rings (SSSR count). The second-order valence-corrected chi connectivity index (χ2v) is 5.62. The van der Waals surface area contributed by atoms with Gasteiger partial charge in [-0.05, 0) is 26.2 Å². The Balaban J connectivity index is 4.24. The lowest BCUT2D eigenvalue weighted by Crippen LogP contribution is -2.50. The largest absolute Gasteiger partial charge is 0.481 e. The average molecular weight is 244 g/mol. The monoisotopic (exact) mass is 244 g/mol. The zero-order chi connectivity index (χ0) is 13.8. The lowest BCUT2D eigenvalue weighted by Gasteiger charge is -2.29. The Morgan fingerprint density at radius 2 is 1.53 bits per heavy atom. The van der Waals surface area contributed by atoms with Crippen molar-refractivity contribution in [1.82, 2.24) is 10.6 Å². The number of nitrogens with one attached hydrogen (secondary N) is 2. The van der Waals surface area contributed by atoms with Gasteiger partial charge in [-0.25, -0.2) is 4.79 Å². The molecular formula is C12H24N2O3. The topological polar surface area (TPSA) is 78.4 Å². The molecule has 0 radical (unpaired) electrons. The maximum Gasteiger partial charge on any atom is 0.315 e. The third-order valence-corrected chi connectivity index (χ3v) is 3.14. The van der Waals surface area contributed by atoms with E-state index in [2.05, 4.69) is 10.6 Å². The molecule has 0 aliphatic rings. The molecule has 0 saturated carbocycles. The fourth-order valence-corrected chi connectivity index (χ4v) is 1.00. The molecule has 3 N–H and O–H groups in total. The van der Waals surface area contributed by atoms with Crippen LogP contribution in [0.15, 0.2) is 0 Å². The molecule has 17 heavy (non-hydrogen) atoms. The highest BCUT2D eigenvalue weighted by atomic mass is 16.4. The van der Waals surface area contributed by atoms with Crippen molar-refractivity contribution in [3.8, 4) is 0 Å². The fourth-order valence-electron chi connectivity index (χ4n) is 1.00. The summed E-state index contributed by atoms with van der Waals surface area (Å²) in [5.74, 6) is -1.52. The van der Waals surface area contributed by atoms with Crippen molar-refractivity contribution in [2.45, 2.75) is 53.6 Å². The summed E-state index contributed by atoms with van der Waals surface area (Å²) in [5, 5.41) is 14.2. The van der Waals surface area contributed by atoms with Crippen molar-refractivity contribution in [1.29, 1.82) is 0 Å². The van der Waals surface area contributed by atoms with Crippen molar-refractivity contribution >= 4 is 12.0 Å². The first kappa shape index (κ1) is 15.7. The van der Waals surface area contributed by atoms with Gasteiger partial charge in [0.25, 0.3) is 0 Å². The van der Waals surface area contributed by atoms with Crippen LogP contribution in [0.25, 0.3) is 0 Å². The zero-order valence-corrected chi connectivity index (χ0v) is 11.5. The van der Waals surface area contributed by atoms with Gasteiger partial charge in [0.05, 0.1) is 5.92 Å². The van der Waals surface area contributed by atoms with E-state index in [0.29, 0.717) is 0 Å². The van der Waals surface area contributed by atoms with E-state index < -0.39 is 17.9 Å². The number of carboxylic acids is 1. The Labute approximate surface area is 103 Å². The standard InChI is InChI=1S/C12H24N2O3/c1-7(10(15)16)8(2)13-11(17)14-9(3)12(4,5)6/h7-9H,1-6H3,(H,15,16)(H2,13,14,17). The van der Waals surface area contributed by atoms with Crippen molar-refractivity contribution in [3.05, 3.63) is 0 Å². The normalized spacial score (nSPS) is 16.8. The Bertz CT molecular complexity index is 284. The molecule has 0 aromatic heterocycles. The van der Waals surface area contributed by atoms with Crippen LogP contribution < -0.4 is 10.6 Å². The van der Waals surface area contributed by atoms with Crippen LogP contribution in [0.5, 0.6) is 0 Å². The van der Waals surface area contributed by atoms with Crippen molar-refractivity contribution in [2.75, 3.05) is 0 Å². The molecule has 2 amide bonds. The number of carbonyl (C=O) groups excluding carboxylic acids is 1. The predicted octanol–water partition coefficient (Wildman–Crippen LogP) is 1.83. The molecule has 0 fully saturated rings. The van der Waals surface area contributed by atoms with Gasteiger partial charge in [0.1, 0.15) is 0 Å². The number of aliphatic carboxylic acids is 1. The molecule has 0 heterocycles. The summed E-state index contributed by atoms with van der Waals surface area (Å²) in [4.78, 5) is 22.4. The van der Waals surface area contributed by atoms with Gasteiger partial charge < -0.3 is 15.7 Å². The van der Waals surface area contributed by atoms with E-state index in [1.54, 1.807) is 13.8 Å². The maximum atomic E-state index is 11.6. The highest BCUT2D eigenvalue weighted by molar-refractivity contribution is 5.76. The first-order valence-electron chi connectivity index (χ1n) is 5.85. The third kappa shape index (κ3) is 5.56. The molecule has 0 spiro atoms. The molecule has 3 unspecified atom stereocenters. The van der Waals surface area contributed by atoms with Crippen LogP contribution in [0.3, 0.4) is 0 Å². The third-order valence-electron chi connectivity index (χ3n) is 3.14. The minimum Gasteiger partial charge on any atom is -0.481 e. The molecule has 0 aromatic carbocycles. The average Bonchev–Trinajstić information content (AvgIpc) is 2.14. The Hall–Kier alpha value is -1.26. The number of carbonyl (C=O) groups is 2. The first-order chi connectivity index (χ1) is 7.55. The van der Waals surface area contributed by atoms with Crippen LogP contribution in [0, 0.1) is 11.3 Å². The van der Waals surface area contributed by atoms with Crippen LogP contribution in [-0.2, 0) is 4.79 Å². The van der Waals surface area contributed by atoms with Gasteiger partial charge in [-0.2, -0.15) is 0 Å². The smallest absolute Gasteiger partial charge is 0.315 e. The highest BCUT2D eigenvalue weighted by Crippen LogP contribution is 2.18.